The molecule has 1 N–H and O–H groups in total. The first kappa shape index (κ1) is 13.4. The maximum atomic E-state index is 5.67. The van der Waals surface area contributed by atoms with Crippen LogP contribution in [0.5, 0.6) is 5.75 Å². The molecule has 0 heterocycles. The molecule has 0 bridgehead atoms. The topological polar surface area (TPSA) is 30.5 Å². The quantitative estimate of drug-likeness (QED) is 0.683. The van der Waals surface area contributed by atoms with Crippen molar-refractivity contribution in [3.63, 3.8) is 0 Å². The van der Waals surface area contributed by atoms with Gasteiger partial charge in [-0.25, -0.2) is 0 Å². The summed E-state index contributed by atoms with van der Waals surface area (Å²) in [6.07, 6.45) is 4.77. The molecule has 0 spiro atoms. The molecule has 0 unspecified atom stereocenters. The Morgan fingerprint density at radius 3 is 2.50 bits per heavy atom. The van der Waals surface area contributed by atoms with Crippen molar-refractivity contribution in [3.8, 4) is 5.75 Å². The van der Waals surface area contributed by atoms with Crippen LogP contribution in [0, 0.1) is 0 Å². The first-order valence-corrected chi connectivity index (χ1v) is 6.82. The van der Waals surface area contributed by atoms with Crippen molar-refractivity contribution in [2.75, 3.05) is 20.3 Å². The van der Waals surface area contributed by atoms with Gasteiger partial charge in [-0.1, -0.05) is 12.1 Å². The van der Waals surface area contributed by atoms with Crippen LogP contribution in [0.2, 0.25) is 0 Å². The van der Waals surface area contributed by atoms with Gasteiger partial charge in [0.25, 0.3) is 0 Å². The van der Waals surface area contributed by atoms with Gasteiger partial charge in [-0.05, 0) is 43.4 Å². The normalized spacial score (nSPS) is 14.7. The second-order valence-electron chi connectivity index (χ2n) is 4.85. The molecule has 0 atom stereocenters. The molecule has 2 rings (SSSR count). The lowest BCUT2D eigenvalue weighted by molar-refractivity contribution is 0.184. The summed E-state index contributed by atoms with van der Waals surface area (Å²) in [5.41, 5.74) is 1.33. The monoisotopic (exact) mass is 249 g/mol. The van der Waals surface area contributed by atoms with Gasteiger partial charge in [-0.2, -0.15) is 0 Å². The third kappa shape index (κ3) is 5.07. The van der Waals surface area contributed by atoms with E-state index in [0.29, 0.717) is 0 Å². The molecule has 100 valence electrons. The highest BCUT2D eigenvalue weighted by atomic mass is 16.5. The Morgan fingerprint density at radius 1 is 1.11 bits per heavy atom. The average molecular weight is 249 g/mol. The summed E-state index contributed by atoms with van der Waals surface area (Å²) in [5, 5.41) is 3.50. The zero-order valence-corrected chi connectivity index (χ0v) is 11.2. The Balaban J connectivity index is 1.63. The van der Waals surface area contributed by atoms with E-state index in [4.69, 9.17) is 9.47 Å². The molecule has 3 nitrogen and oxygen atoms in total. The van der Waals surface area contributed by atoms with E-state index in [1.54, 1.807) is 7.11 Å². The first-order chi connectivity index (χ1) is 8.88. The van der Waals surface area contributed by atoms with Crippen molar-refractivity contribution in [3.05, 3.63) is 29.8 Å². The second-order valence-corrected chi connectivity index (χ2v) is 4.85. The number of rotatable bonds is 9. The molecule has 1 aliphatic carbocycles. The van der Waals surface area contributed by atoms with Crippen LogP contribution in [-0.2, 0) is 11.3 Å². The lowest BCUT2D eigenvalue weighted by Gasteiger charge is -2.07. The van der Waals surface area contributed by atoms with E-state index in [1.807, 2.05) is 0 Å². The van der Waals surface area contributed by atoms with E-state index in [2.05, 4.69) is 29.6 Å². The maximum Gasteiger partial charge on any atom is 0.119 e. The molecule has 0 radical (unpaired) electrons. The highest BCUT2D eigenvalue weighted by Crippen LogP contribution is 2.20. The highest BCUT2D eigenvalue weighted by molar-refractivity contribution is 5.27. The van der Waals surface area contributed by atoms with E-state index < -0.39 is 0 Å². The number of benzene rings is 1. The predicted octanol–water partition coefficient (Wildman–Crippen LogP) is 2.74. The van der Waals surface area contributed by atoms with Gasteiger partial charge in [-0.3, -0.25) is 0 Å². The largest absolute Gasteiger partial charge is 0.494 e. The zero-order chi connectivity index (χ0) is 12.6. The maximum absolute atomic E-state index is 5.67. The van der Waals surface area contributed by atoms with Crippen molar-refractivity contribution < 1.29 is 9.47 Å². The molecule has 1 saturated carbocycles. The Kier molecular flexibility index (Phi) is 5.49. The van der Waals surface area contributed by atoms with Crippen molar-refractivity contribution in [1.82, 2.24) is 5.32 Å². The Bertz CT molecular complexity index is 333. The summed E-state index contributed by atoms with van der Waals surface area (Å²) >= 11 is 0. The Morgan fingerprint density at radius 2 is 1.83 bits per heavy atom. The van der Waals surface area contributed by atoms with Gasteiger partial charge in [0, 0.05) is 26.3 Å². The molecule has 18 heavy (non-hydrogen) atoms. The van der Waals surface area contributed by atoms with Gasteiger partial charge in [0.1, 0.15) is 5.75 Å². The van der Waals surface area contributed by atoms with Crippen LogP contribution in [0.25, 0.3) is 0 Å². The molecule has 0 aliphatic heterocycles. The summed E-state index contributed by atoms with van der Waals surface area (Å²) in [6.45, 7) is 2.55. The highest BCUT2D eigenvalue weighted by Gasteiger charge is 2.19. The summed E-state index contributed by atoms with van der Waals surface area (Å²) in [6, 6.07) is 9.15. The zero-order valence-electron chi connectivity index (χ0n) is 11.2. The van der Waals surface area contributed by atoms with E-state index in [9.17, 15) is 0 Å². The van der Waals surface area contributed by atoms with Crippen LogP contribution in [-0.4, -0.2) is 26.4 Å². The van der Waals surface area contributed by atoms with Gasteiger partial charge in [-0.15, -0.1) is 0 Å². The SMILES string of the molecule is COCCCCOc1ccc(CNC2CC2)cc1. The molecule has 0 saturated heterocycles. The molecule has 1 fully saturated rings. The fraction of sp³-hybridized carbons (Fsp3) is 0.600. The number of nitrogens with one attached hydrogen (secondary N) is 1. The van der Waals surface area contributed by atoms with E-state index >= 15 is 0 Å². The molecule has 1 aromatic carbocycles. The van der Waals surface area contributed by atoms with Crippen LogP contribution in [0.1, 0.15) is 31.2 Å². The number of hydrogen-bond donors (Lipinski definition) is 1. The van der Waals surface area contributed by atoms with Gasteiger partial charge in [0.15, 0.2) is 0 Å². The lowest BCUT2D eigenvalue weighted by Crippen LogP contribution is -2.15. The Labute approximate surface area is 109 Å². The summed E-state index contributed by atoms with van der Waals surface area (Å²) in [5.74, 6) is 0.961. The van der Waals surface area contributed by atoms with E-state index in [1.165, 1.54) is 18.4 Å². The number of ether oxygens (including phenoxy) is 2. The third-order valence-electron chi connectivity index (χ3n) is 3.11. The van der Waals surface area contributed by atoms with Gasteiger partial charge in [0.05, 0.1) is 6.61 Å². The second kappa shape index (κ2) is 7.39. The van der Waals surface area contributed by atoms with Crippen molar-refractivity contribution in [2.45, 2.75) is 38.3 Å². The lowest BCUT2D eigenvalue weighted by atomic mass is 10.2. The fourth-order valence-corrected chi connectivity index (χ4v) is 1.79. The number of hydrogen-bond acceptors (Lipinski definition) is 3. The van der Waals surface area contributed by atoms with E-state index in [-0.39, 0.29) is 0 Å². The summed E-state index contributed by atoms with van der Waals surface area (Å²) < 4.78 is 10.7. The van der Waals surface area contributed by atoms with Gasteiger partial charge >= 0.3 is 0 Å². The average Bonchev–Trinajstić information content (AvgIpc) is 3.22. The Hall–Kier alpha value is -1.06. The summed E-state index contributed by atoms with van der Waals surface area (Å²) in [4.78, 5) is 0. The van der Waals surface area contributed by atoms with Gasteiger partial charge < -0.3 is 14.8 Å². The third-order valence-corrected chi connectivity index (χ3v) is 3.11. The van der Waals surface area contributed by atoms with Crippen LogP contribution >= 0.6 is 0 Å². The fourth-order valence-electron chi connectivity index (χ4n) is 1.79. The molecule has 0 amide bonds. The number of unbranched alkanes of at least 4 members (excludes halogenated alkanes) is 1. The number of methoxy groups -OCH3 is 1. The smallest absolute Gasteiger partial charge is 0.119 e. The summed E-state index contributed by atoms with van der Waals surface area (Å²) in [7, 11) is 1.73. The van der Waals surface area contributed by atoms with Crippen LogP contribution in [0.3, 0.4) is 0 Å². The molecule has 3 heteroatoms. The predicted molar refractivity (Wildman–Crippen MR) is 72.9 cm³/mol. The van der Waals surface area contributed by atoms with Crippen LogP contribution in [0.15, 0.2) is 24.3 Å². The first-order valence-electron chi connectivity index (χ1n) is 6.82. The van der Waals surface area contributed by atoms with Gasteiger partial charge in [0.2, 0.25) is 0 Å². The molecular weight excluding hydrogens is 226 g/mol. The van der Waals surface area contributed by atoms with Crippen LogP contribution < -0.4 is 10.1 Å². The molecule has 1 aliphatic rings. The van der Waals surface area contributed by atoms with Crippen molar-refractivity contribution in [2.24, 2.45) is 0 Å². The molecule has 1 aromatic rings. The minimum atomic E-state index is 0.765. The van der Waals surface area contributed by atoms with Crippen molar-refractivity contribution >= 4 is 0 Å². The minimum Gasteiger partial charge on any atom is -0.494 e. The molecule has 0 aromatic heterocycles. The van der Waals surface area contributed by atoms with Crippen molar-refractivity contribution in [1.29, 1.82) is 0 Å². The standard InChI is InChI=1S/C15H23NO2/c1-17-10-2-3-11-18-15-8-4-13(5-9-15)12-16-14-6-7-14/h4-5,8-9,14,16H,2-3,6-7,10-12H2,1H3. The minimum absolute atomic E-state index is 0.765. The molecular formula is C15H23NO2. The van der Waals surface area contributed by atoms with Crippen LogP contribution in [0.4, 0.5) is 0 Å². The van der Waals surface area contributed by atoms with E-state index in [0.717, 1.165) is 44.4 Å².